The van der Waals surface area contributed by atoms with Crippen molar-refractivity contribution in [1.29, 1.82) is 0 Å². The third-order valence-electron chi connectivity index (χ3n) is 2.69. The predicted molar refractivity (Wildman–Crippen MR) is 65.1 cm³/mol. The lowest BCUT2D eigenvalue weighted by molar-refractivity contribution is 0.525. The van der Waals surface area contributed by atoms with Crippen molar-refractivity contribution in [1.82, 2.24) is 15.2 Å². The molecule has 0 saturated carbocycles. The Labute approximate surface area is 101 Å². The van der Waals surface area contributed by atoms with Gasteiger partial charge in [-0.25, -0.2) is 5.43 Å². The van der Waals surface area contributed by atoms with Crippen LogP contribution in [0.15, 0.2) is 29.1 Å². The van der Waals surface area contributed by atoms with E-state index >= 15 is 0 Å². The highest BCUT2D eigenvalue weighted by atomic mass is 16.3. The van der Waals surface area contributed by atoms with E-state index in [4.69, 9.17) is 10.3 Å². The van der Waals surface area contributed by atoms with Crippen molar-refractivity contribution in [2.45, 2.75) is 32.9 Å². The standard InChI is InChI=1S/C12H18N4O/c1-3-4-16-7-11(6-14-16)12(15-13)10-5-9(2)17-8-10/h5-8,12,15H,3-4,13H2,1-2H3. The highest BCUT2D eigenvalue weighted by molar-refractivity contribution is 5.27. The van der Waals surface area contributed by atoms with Gasteiger partial charge in [-0.05, 0) is 19.4 Å². The van der Waals surface area contributed by atoms with Crippen LogP contribution >= 0.6 is 0 Å². The van der Waals surface area contributed by atoms with Gasteiger partial charge in [-0.2, -0.15) is 5.10 Å². The Morgan fingerprint density at radius 2 is 2.35 bits per heavy atom. The molecule has 2 aromatic heterocycles. The number of nitrogens with zero attached hydrogens (tertiary/aromatic N) is 2. The van der Waals surface area contributed by atoms with Crippen LogP contribution in [0.2, 0.25) is 0 Å². The Kier molecular flexibility index (Phi) is 3.61. The molecule has 5 nitrogen and oxygen atoms in total. The SMILES string of the molecule is CCCn1cc(C(NN)c2coc(C)c2)cn1. The number of nitrogens with two attached hydrogens (primary N) is 1. The molecule has 0 fully saturated rings. The number of nitrogens with one attached hydrogen (secondary N) is 1. The second kappa shape index (κ2) is 5.16. The third-order valence-corrected chi connectivity index (χ3v) is 2.69. The Hall–Kier alpha value is -1.59. The van der Waals surface area contributed by atoms with Gasteiger partial charge in [-0.15, -0.1) is 0 Å². The van der Waals surface area contributed by atoms with Crippen LogP contribution in [0.25, 0.3) is 0 Å². The molecule has 2 heterocycles. The van der Waals surface area contributed by atoms with E-state index in [-0.39, 0.29) is 6.04 Å². The predicted octanol–water partition coefficient (Wildman–Crippen LogP) is 1.75. The fourth-order valence-electron chi connectivity index (χ4n) is 1.88. The molecule has 0 aromatic carbocycles. The zero-order valence-electron chi connectivity index (χ0n) is 10.2. The monoisotopic (exact) mass is 234 g/mol. The van der Waals surface area contributed by atoms with Gasteiger partial charge in [0.2, 0.25) is 0 Å². The number of furan rings is 1. The van der Waals surface area contributed by atoms with Crippen molar-refractivity contribution < 1.29 is 4.42 Å². The lowest BCUT2D eigenvalue weighted by atomic mass is 10.1. The molecule has 2 rings (SSSR count). The molecule has 0 radical (unpaired) electrons. The molecule has 92 valence electrons. The van der Waals surface area contributed by atoms with Gasteiger partial charge in [-0.3, -0.25) is 10.5 Å². The maximum absolute atomic E-state index is 5.60. The highest BCUT2D eigenvalue weighted by Gasteiger charge is 2.16. The molecule has 1 unspecified atom stereocenters. The third kappa shape index (κ3) is 2.57. The summed E-state index contributed by atoms with van der Waals surface area (Å²) in [6.07, 6.45) is 6.63. The minimum Gasteiger partial charge on any atom is -0.469 e. The van der Waals surface area contributed by atoms with Gasteiger partial charge in [0.1, 0.15) is 5.76 Å². The van der Waals surface area contributed by atoms with E-state index in [1.54, 1.807) is 6.26 Å². The van der Waals surface area contributed by atoms with E-state index in [1.165, 1.54) is 0 Å². The zero-order chi connectivity index (χ0) is 12.3. The van der Waals surface area contributed by atoms with Gasteiger partial charge in [0, 0.05) is 23.9 Å². The summed E-state index contributed by atoms with van der Waals surface area (Å²) in [5, 5.41) is 4.30. The summed E-state index contributed by atoms with van der Waals surface area (Å²) in [4.78, 5) is 0. The van der Waals surface area contributed by atoms with E-state index in [9.17, 15) is 0 Å². The van der Waals surface area contributed by atoms with Gasteiger partial charge < -0.3 is 4.42 Å². The molecular formula is C12H18N4O. The summed E-state index contributed by atoms with van der Waals surface area (Å²) in [6.45, 7) is 4.96. The average Bonchev–Trinajstić information content (AvgIpc) is 2.91. The normalized spacial score (nSPS) is 12.9. The van der Waals surface area contributed by atoms with Gasteiger partial charge in [-0.1, -0.05) is 6.92 Å². The minimum absolute atomic E-state index is 0.0712. The van der Waals surface area contributed by atoms with Crippen molar-refractivity contribution in [3.05, 3.63) is 41.6 Å². The maximum atomic E-state index is 5.60. The molecular weight excluding hydrogens is 216 g/mol. The molecule has 17 heavy (non-hydrogen) atoms. The zero-order valence-corrected chi connectivity index (χ0v) is 10.2. The van der Waals surface area contributed by atoms with Crippen LogP contribution in [0.1, 0.15) is 36.3 Å². The van der Waals surface area contributed by atoms with E-state index in [0.717, 1.165) is 29.9 Å². The second-order valence-corrected chi connectivity index (χ2v) is 4.13. The first-order valence-electron chi connectivity index (χ1n) is 5.78. The number of aromatic nitrogens is 2. The van der Waals surface area contributed by atoms with Crippen LogP contribution < -0.4 is 11.3 Å². The molecule has 0 saturated heterocycles. The number of hydrogen-bond donors (Lipinski definition) is 2. The number of hydrogen-bond acceptors (Lipinski definition) is 4. The molecule has 3 N–H and O–H groups in total. The van der Waals surface area contributed by atoms with Crippen molar-refractivity contribution in [3.63, 3.8) is 0 Å². The van der Waals surface area contributed by atoms with Crippen molar-refractivity contribution >= 4 is 0 Å². The molecule has 0 aliphatic heterocycles. The smallest absolute Gasteiger partial charge is 0.101 e. The molecule has 0 aliphatic rings. The molecule has 2 aromatic rings. The van der Waals surface area contributed by atoms with E-state index < -0.39 is 0 Å². The molecule has 5 heteroatoms. The number of hydrazine groups is 1. The first-order valence-corrected chi connectivity index (χ1v) is 5.78. The fourth-order valence-corrected chi connectivity index (χ4v) is 1.88. The first kappa shape index (κ1) is 11.9. The van der Waals surface area contributed by atoms with Crippen molar-refractivity contribution in [2.75, 3.05) is 0 Å². The minimum atomic E-state index is -0.0712. The average molecular weight is 234 g/mol. The maximum Gasteiger partial charge on any atom is 0.101 e. The number of aryl methyl sites for hydroxylation is 2. The summed E-state index contributed by atoms with van der Waals surface area (Å²) >= 11 is 0. The summed E-state index contributed by atoms with van der Waals surface area (Å²) in [5.41, 5.74) is 4.85. The first-order chi connectivity index (χ1) is 8.24. The van der Waals surface area contributed by atoms with Crippen LogP contribution in [-0.2, 0) is 6.54 Å². The lowest BCUT2D eigenvalue weighted by Crippen LogP contribution is -2.28. The molecule has 0 aliphatic carbocycles. The Morgan fingerprint density at radius 1 is 1.53 bits per heavy atom. The van der Waals surface area contributed by atoms with Gasteiger partial charge in [0.25, 0.3) is 0 Å². The van der Waals surface area contributed by atoms with Crippen LogP contribution in [-0.4, -0.2) is 9.78 Å². The quantitative estimate of drug-likeness (QED) is 0.611. The fraction of sp³-hybridized carbons (Fsp3) is 0.417. The Bertz CT molecular complexity index is 474. The summed E-state index contributed by atoms with van der Waals surface area (Å²) in [6, 6.07) is 1.90. The largest absolute Gasteiger partial charge is 0.469 e. The van der Waals surface area contributed by atoms with Gasteiger partial charge in [0.15, 0.2) is 0 Å². The summed E-state index contributed by atoms with van der Waals surface area (Å²) in [7, 11) is 0. The van der Waals surface area contributed by atoms with E-state index in [0.29, 0.717) is 0 Å². The Morgan fingerprint density at radius 3 is 2.94 bits per heavy atom. The lowest BCUT2D eigenvalue weighted by Gasteiger charge is -2.11. The van der Waals surface area contributed by atoms with Crippen LogP contribution in [0.5, 0.6) is 0 Å². The van der Waals surface area contributed by atoms with E-state index in [2.05, 4.69) is 17.4 Å². The van der Waals surface area contributed by atoms with Gasteiger partial charge in [0.05, 0.1) is 18.5 Å². The molecule has 1 atom stereocenters. The summed E-state index contributed by atoms with van der Waals surface area (Å²) in [5.74, 6) is 6.48. The highest BCUT2D eigenvalue weighted by Crippen LogP contribution is 2.22. The van der Waals surface area contributed by atoms with Crippen LogP contribution in [0, 0.1) is 6.92 Å². The van der Waals surface area contributed by atoms with Crippen LogP contribution in [0.3, 0.4) is 0 Å². The summed E-state index contributed by atoms with van der Waals surface area (Å²) < 4.78 is 7.22. The molecule has 0 spiro atoms. The second-order valence-electron chi connectivity index (χ2n) is 4.13. The topological polar surface area (TPSA) is 69.0 Å². The van der Waals surface area contributed by atoms with Crippen molar-refractivity contribution in [3.8, 4) is 0 Å². The van der Waals surface area contributed by atoms with E-state index in [1.807, 2.05) is 30.1 Å². The molecule has 0 bridgehead atoms. The van der Waals surface area contributed by atoms with Crippen LogP contribution in [0.4, 0.5) is 0 Å². The van der Waals surface area contributed by atoms with Gasteiger partial charge >= 0.3 is 0 Å². The molecule has 0 amide bonds. The Balaban J connectivity index is 2.22. The van der Waals surface area contributed by atoms with Crippen molar-refractivity contribution in [2.24, 2.45) is 5.84 Å². The number of rotatable bonds is 5.